The van der Waals surface area contributed by atoms with E-state index in [0.29, 0.717) is 22.6 Å². The molecule has 3 rings (SSSR count). The number of amides is 1. The number of thioether (sulfide) groups is 1. The molecular weight excluding hydrogens is 405 g/mol. The van der Waals surface area contributed by atoms with Gasteiger partial charge in [0, 0.05) is 11.1 Å². The van der Waals surface area contributed by atoms with Gasteiger partial charge in [-0.3, -0.25) is 9.48 Å². The van der Waals surface area contributed by atoms with E-state index in [-0.39, 0.29) is 11.7 Å². The van der Waals surface area contributed by atoms with Crippen molar-refractivity contribution in [2.24, 2.45) is 0 Å². The van der Waals surface area contributed by atoms with Gasteiger partial charge in [0.15, 0.2) is 5.82 Å². The molecule has 1 heterocycles. The summed E-state index contributed by atoms with van der Waals surface area (Å²) in [5, 5.41) is 7.15. The first-order valence-electron chi connectivity index (χ1n) is 7.55. The maximum Gasteiger partial charge on any atom is 0.235 e. The Kier molecular flexibility index (Phi) is 5.88. The van der Waals surface area contributed by atoms with Crippen LogP contribution in [-0.2, 0) is 11.3 Å². The Balaban J connectivity index is 1.58. The molecule has 25 heavy (non-hydrogen) atoms. The summed E-state index contributed by atoms with van der Waals surface area (Å²) in [5.41, 5.74) is 0.925. The van der Waals surface area contributed by atoms with Gasteiger partial charge in [-0.2, -0.15) is 5.10 Å². The smallest absolute Gasteiger partial charge is 0.235 e. The van der Waals surface area contributed by atoms with Crippen LogP contribution in [0.5, 0.6) is 0 Å². The van der Waals surface area contributed by atoms with Crippen molar-refractivity contribution in [2.45, 2.75) is 11.4 Å². The number of carbonyl (C=O) groups excluding carboxylic acids is 1. The average Bonchev–Trinajstić information content (AvgIpc) is 2.95. The van der Waals surface area contributed by atoms with Crippen molar-refractivity contribution in [2.75, 3.05) is 11.1 Å². The molecule has 0 radical (unpaired) electrons. The van der Waals surface area contributed by atoms with Crippen LogP contribution in [0.4, 0.5) is 10.2 Å². The van der Waals surface area contributed by atoms with Crippen LogP contribution in [0.15, 0.2) is 70.2 Å². The molecule has 1 aromatic heterocycles. The Bertz CT molecular complexity index is 853. The lowest BCUT2D eigenvalue weighted by molar-refractivity contribution is -0.113. The highest BCUT2D eigenvalue weighted by Gasteiger charge is 2.11. The molecule has 0 aliphatic carbocycles. The highest BCUT2D eigenvalue weighted by molar-refractivity contribution is 9.10. The lowest BCUT2D eigenvalue weighted by atomic mass is 10.2. The molecule has 0 bridgehead atoms. The third kappa shape index (κ3) is 5.17. The molecule has 0 spiro atoms. The second-order valence-electron chi connectivity index (χ2n) is 5.30. The molecule has 7 heteroatoms. The average molecular weight is 420 g/mol. The largest absolute Gasteiger partial charge is 0.308 e. The second-order valence-corrected chi connectivity index (χ2v) is 7.20. The molecule has 0 aliphatic rings. The van der Waals surface area contributed by atoms with E-state index in [1.807, 2.05) is 30.3 Å². The van der Waals surface area contributed by atoms with Gasteiger partial charge in [0.2, 0.25) is 5.91 Å². The van der Waals surface area contributed by atoms with Gasteiger partial charge in [-0.25, -0.2) is 4.39 Å². The Morgan fingerprint density at radius 3 is 2.60 bits per heavy atom. The number of carbonyl (C=O) groups is 1. The summed E-state index contributed by atoms with van der Waals surface area (Å²) >= 11 is 4.87. The number of nitrogens with one attached hydrogen (secondary N) is 1. The monoisotopic (exact) mass is 419 g/mol. The van der Waals surface area contributed by atoms with Crippen molar-refractivity contribution in [3.63, 3.8) is 0 Å². The third-order valence-corrected chi connectivity index (χ3v) is 4.94. The summed E-state index contributed by atoms with van der Waals surface area (Å²) in [6, 6.07) is 16.0. The molecule has 1 N–H and O–H groups in total. The van der Waals surface area contributed by atoms with Gasteiger partial charge in [-0.15, -0.1) is 11.8 Å². The molecule has 3 aromatic rings. The Labute approximate surface area is 157 Å². The van der Waals surface area contributed by atoms with E-state index < -0.39 is 0 Å². The molecule has 128 valence electrons. The fraction of sp³-hybridized carbons (Fsp3) is 0.111. The van der Waals surface area contributed by atoms with Crippen LogP contribution in [0, 0.1) is 5.82 Å². The Morgan fingerprint density at radius 1 is 1.16 bits per heavy atom. The number of aromatic nitrogens is 2. The summed E-state index contributed by atoms with van der Waals surface area (Å²) in [5.74, 6) is 0.387. The normalized spacial score (nSPS) is 10.6. The number of benzene rings is 2. The van der Waals surface area contributed by atoms with Crippen LogP contribution < -0.4 is 5.32 Å². The number of hydrogen-bond donors (Lipinski definition) is 1. The van der Waals surface area contributed by atoms with Crippen molar-refractivity contribution >= 4 is 39.4 Å². The fourth-order valence-electron chi connectivity index (χ4n) is 2.17. The van der Waals surface area contributed by atoms with Gasteiger partial charge >= 0.3 is 0 Å². The van der Waals surface area contributed by atoms with Crippen molar-refractivity contribution in [3.8, 4) is 0 Å². The van der Waals surface area contributed by atoms with Gasteiger partial charge < -0.3 is 5.32 Å². The number of rotatable bonds is 6. The molecule has 1 amide bonds. The molecule has 0 saturated carbocycles. The first-order chi connectivity index (χ1) is 12.1. The summed E-state index contributed by atoms with van der Waals surface area (Å²) in [6.45, 7) is 0.494. The first-order valence-corrected chi connectivity index (χ1v) is 9.33. The second kappa shape index (κ2) is 8.31. The lowest BCUT2D eigenvalue weighted by Gasteiger charge is -2.04. The van der Waals surface area contributed by atoms with Crippen LogP contribution in [0.25, 0.3) is 0 Å². The molecule has 0 fully saturated rings. The molecule has 0 aliphatic heterocycles. The number of halogens is 2. The van der Waals surface area contributed by atoms with Crippen LogP contribution in [0.3, 0.4) is 0 Å². The quantitative estimate of drug-likeness (QED) is 0.595. The first kappa shape index (κ1) is 17.7. The SMILES string of the molecule is O=C(CSc1ccccc1)Nc1nn(Cc2ccc(F)cc2)cc1Br. The molecular formula is C18H15BrFN3OS. The summed E-state index contributed by atoms with van der Waals surface area (Å²) < 4.78 is 15.3. The number of nitrogens with zero attached hydrogens (tertiary/aromatic N) is 2. The predicted molar refractivity (Wildman–Crippen MR) is 101 cm³/mol. The molecule has 0 atom stereocenters. The van der Waals surface area contributed by atoms with E-state index in [9.17, 15) is 9.18 Å². The van der Waals surface area contributed by atoms with Crippen LogP contribution in [0.2, 0.25) is 0 Å². The topological polar surface area (TPSA) is 46.9 Å². The Hall–Kier alpha value is -2.12. The van der Waals surface area contributed by atoms with Crippen LogP contribution >= 0.6 is 27.7 Å². The lowest BCUT2D eigenvalue weighted by Crippen LogP contribution is -2.15. The minimum Gasteiger partial charge on any atom is -0.308 e. The van der Waals surface area contributed by atoms with Crippen molar-refractivity contribution < 1.29 is 9.18 Å². The predicted octanol–water partition coefficient (Wildman–Crippen LogP) is 4.56. The number of anilines is 1. The molecule has 0 saturated heterocycles. The zero-order valence-electron chi connectivity index (χ0n) is 13.2. The van der Waals surface area contributed by atoms with Crippen molar-refractivity contribution in [3.05, 3.63) is 76.6 Å². The zero-order chi connectivity index (χ0) is 17.6. The van der Waals surface area contributed by atoms with Gasteiger partial charge in [-0.1, -0.05) is 30.3 Å². The maximum atomic E-state index is 13.0. The zero-order valence-corrected chi connectivity index (χ0v) is 15.6. The highest BCUT2D eigenvalue weighted by atomic mass is 79.9. The standard InChI is InChI=1S/C18H15BrFN3OS/c19-16-11-23(10-13-6-8-14(20)9-7-13)22-18(16)21-17(24)12-25-15-4-2-1-3-5-15/h1-9,11H,10,12H2,(H,21,22,24). The maximum absolute atomic E-state index is 13.0. The third-order valence-electron chi connectivity index (χ3n) is 3.35. The minimum absolute atomic E-state index is 0.124. The van der Waals surface area contributed by atoms with Crippen molar-refractivity contribution in [1.82, 2.24) is 9.78 Å². The minimum atomic E-state index is -0.269. The van der Waals surface area contributed by atoms with E-state index in [0.717, 1.165) is 10.5 Å². The van der Waals surface area contributed by atoms with E-state index >= 15 is 0 Å². The highest BCUT2D eigenvalue weighted by Crippen LogP contribution is 2.22. The molecule has 4 nitrogen and oxygen atoms in total. The van der Waals surface area contributed by atoms with Crippen LogP contribution in [-0.4, -0.2) is 21.4 Å². The van der Waals surface area contributed by atoms with Crippen molar-refractivity contribution in [1.29, 1.82) is 0 Å². The molecule has 0 unspecified atom stereocenters. The van der Waals surface area contributed by atoms with E-state index in [1.54, 1.807) is 23.0 Å². The van der Waals surface area contributed by atoms with E-state index in [4.69, 9.17) is 0 Å². The summed E-state index contributed by atoms with van der Waals surface area (Å²) in [7, 11) is 0. The Morgan fingerprint density at radius 2 is 1.88 bits per heavy atom. The van der Waals surface area contributed by atoms with Gasteiger partial charge in [0.05, 0.1) is 16.8 Å². The van der Waals surface area contributed by atoms with Gasteiger partial charge in [-0.05, 0) is 45.8 Å². The van der Waals surface area contributed by atoms with Crippen LogP contribution in [0.1, 0.15) is 5.56 Å². The number of hydrogen-bond acceptors (Lipinski definition) is 3. The van der Waals surface area contributed by atoms with Gasteiger partial charge in [0.25, 0.3) is 0 Å². The summed E-state index contributed by atoms with van der Waals surface area (Å²) in [6.07, 6.45) is 1.78. The summed E-state index contributed by atoms with van der Waals surface area (Å²) in [4.78, 5) is 13.1. The van der Waals surface area contributed by atoms with E-state index in [2.05, 4.69) is 26.3 Å². The fourth-order valence-corrected chi connectivity index (χ4v) is 3.31. The van der Waals surface area contributed by atoms with E-state index in [1.165, 1.54) is 23.9 Å². The molecule has 2 aromatic carbocycles. The van der Waals surface area contributed by atoms with Gasteiger partial charge in [0.1, 0.15) is 5.82 Å².